The number of imidazole rings is 1. The molecule has 2 aromatic carbocycles. The van der Waals surface area contributed by atoms with Crippen molar-refractivity contribution < 1.29 is 0 Å². The summed E-state index contributed by atoms with van der Waals surface area (Å²) >= 11 is 0. The summed E-state index contributed by atoms with van der Waals surface area (Å²) in [4.78, 5) is 4.51. The van der Waals surface area contributed by atoms with E-state index >= 15 is 0 Å². The molecule has 0 amide bonds. The third kappa shape index (κ3) is 2.82. The first-order chi connectivity index (χ1) is 10.3. The van der Waals surface area contributed by atoms with Crippen LogP contribution >= 0.6 is 0 Å². The number of nitrogens with zero attached hydrogens (tertiary/aromatic N) is 2. The summed E-state index contributed by atoms with van der Waals surface area (Å²) in [6.45, 7) is 2.15. The van der Waals surface area contributed by atoms with E-state index in [4.69, 9.17) is 0 Å². The lowest BCUT2D eigenvalue weighted by Crippen LogP contribution is -2.10. The quantitative estimate of drug-likeness (QED) is 0.772. The third-order valence-electron chi connectivity index (χ3n) is 3.70. The van der Waals surface area contributed by atoms with Crippen LogP contribution in [0.5, 0.6) is 0 Å². The minimum atomic E-state index is 0.218. The highest BCUT2D eigenvalue weighted by molar-refractivity contribution is 5.61. The number of rotatable bonds is 4. The molecule has 3 heteroatoms. The predicted octanol–water partition coefficient (Wildman–Crippen LogP) is 4.26. The summed E-state index contributed by atoms with van der Waals surface area (Å²) in [5.41, 5.74) is 3.54. The first-order valence-electron chi connectivity index (χ1n) is 7.14. The van der Waals surface area contributed by atoms with Crippen molar-refractivity contribution >= 4 is 5.95 Å². The van der Waals surface area contributed by atoms with Crippen molar-refractivity contribution in [3.05, 3.63) is 72.4 Å². The molecule has 3 aromatic rings. The van der Waals surface area contributed by atoms with Crippen LogP contribution in [0.25, 0.3) is 11.3 Å². The highest BCUT2D eigenvalue weighted by Gasteiger charge is 2.11. The third-order valence-corrected chi connectivity index (χ3v) is 3.70. The minimum Gasteiger partial charge on any atom is -0.349 e. The van der Waals surface area contributed by atoms with E-state index in [1.165, 1.54) is 11.1 Å². The van der Waals surface area contributed by atoms with Crippen LogP contribution in [0.1, 0.15) is 18.5 Å². The van der Waals surface area contributed by atoms with Gasteiger partial charge in [-0.3, -0.25) is 0 Å². The van der Waals surface area contributed by atoms with Crippen molar-refractivity contribution in [1.29, 1.82) is 0 Å². The lowest BCUT2D eigenvalue weighted by molar-refractivity contribution is 0.826. The zero-order valence-corrected chi connectivity index (χ0v) is 12.3. The number of benzene rings is 2. The molecule has 0 radical (unpaired) electrons. The van der Waals surface area contributed by atoms with Crippen LogP contribution in [0.3, 0.4) is 0 Å². The molecule has 0 bridgehead atoms. The Hall–Kier alpha value is -2.55. The smallest absolute Gasteiger partial charge is 0.203 e. The van der Waals surface area contributed by atoms with Gasteiger partial charge < -0.3 is 9.88 Å². The fourth-order valence-electron chi connectivity index (χ4n) is 2.44. The van der Waals surface area contributed by atoms with Gasteiger partial charge in [-0.1, -0.05) is 60.7 Å². The summed E-state index contributed by atoms with van der Waals surface area (Å²) < 4.78 is 2.09. The van der Waals surface area contributed by atoms with Crippen LogP contribution in [-0.4, -0.2) is 9.55 Å². The Bertz CT molecular complexity index is 702. The molecule has 0 saturated heterocycles. The number of nitrogens with one attached hydrogen (secondary N) is 1. The van der Waals surface area contributed by atoms with Crippen molar-refractivity contribution in [2.75, 3.05) is 5.32 Å². The van der Waals surface area contributed by atoms with E-state index < -0.39 is 0 Å². The van der Waals surface area contributed by atoms with Gasteiger partial charge in [0.1, 0.15) is 0 Å². The highest BCUT2D eigenvalue weighted by Crippen LogP contribution is 2.24. The van der Waals surface area contributed by atoms with Gasteiger partial charge in [-0.15, -0.1) is 0 Å². The summed E-state index contributed by atoms with van der Waals surface area (Å²) in [5.74, 6) is 0.880. The van der Waals surface area contributed by atoms with Crippen LogP contribution in [0.4, 0.5) is 5.95 Å². The molecule has 0 spiro atoms. The Morgan fingerprint density at radius 1 is 0.952 bits per heavy atom. The molecular formula is C18H19N3. The largest absolute Gasteiger partial charge is 0.349 e. The van der Waals surface area contributed by atoms with Crippen LogP contribution in [0, 0.1) is 0 Å². The van der Waals surface area contributed by atoms with Crippen molar-refractivity contribution in [3.63, 3.8) is 0 Å². The molecule has 1 N–H and O–H groups in total. The predicted molar refractivity (Wildman–Crippen MR) is 87.1 cm³/mol. The van der Waals surface area contributed by atoms with Crippen molar-refractivity contribution in [2.24, 2.45) is 7.05 Å². The van der Waals surface area contributed by atoms with Gasteiger partial charge in [-0.25, -0.2) is 4.98 Å². The molecule has 0 aliphatic heterocycles. The zero-order valence-electron chi connectivity index (χ0n) is 12.3. The van der Waals surface area contributed by atoms with Gasteiger partial charge in [0.05, 0.1) is 17.9 Å². The second kappa shape index (κ2) is 5.83. The average molecular weight is 277 g/mol. The maximum absolute atomic E-state index is 4.51. The minimum absolute atomic E-state index is 0.218. The van der Waals surface area contributed by atoms with Gasteiger partial charge in [-0.05, 0) is 18.1 Å². The van der Waals surface area contributed by atoms with E-state index in [0.717, 1.165) is 11.6 Å². The molecule has 106 valence electrons. The van der Waals surface area contributed by atoms with E-state index in [2.05, 4.69) is 58.2 Å². The Balaban J connectivity index is 1.83. The van der Waals surface area contributed by atoms with E-state index in [-0.39, 0.29) is 6.04 Å². The molecule has 0 unspecified atom stereocenters. The molecule has 3 nitrogen and oxygen atoms in total. The second-order valence-corrected chi connectivity index (χ2v) is 5.17. The van der Waals surface area contributed by atoms with Gasteiger partial charge in [-0.2, -0.15) is 0 Å². The number of hydrogen-bond acceptors (Lipinski definition) is 2. The fourth-order valence-corrected chi connectivity index (χ4v) is 2.44. The van der Waals surface area contributed by atoms with E-state index in [0.29, 0.717) is 0 Å². The van der Waals surface area contributed by atoms with Crippen LogP contribution < -0.4 is 5.32 Å². The lowest BCUT2D eigenvalue weighted by Gasteiger charge is -2.15. The maximum Gasteiger partial charge on any atom is 0.203 e. The number of anilines is 1. The van der Waals surface area contributed by atoms with Gasteiger partial charge in [0, 0.05) is 7.05 Å². The molecule has 0 fully saturated rings. The zero-order chi connectivity index (χ0) is 14.7. The number of hydrogen-bond donors (Lipinski definition) is 1. The molecule has 0 aliphatic rings. The second-order valence-electron chi connectivity index (χ2n) is 5.17. The van der Waals surface area contributed by atoms with E-state index in [1.807, 2.05) is 37.5 Å². The Morgan fingerprint density at radius 3 is 2.24 bits per heavy atom. The molecular weight excluding hydrogens is 258 g/mol. The Morgan fingerprint density at radius 2 is 1.57 bits per heavy atom. The number of aromatic nitrogens is 2. The topological polar surface area (TPSA) is 29.9 Å². The molecule has 1 atom stereocenters. The maximum atomic E-state index is 4.51. The molecule has 21 heavy (non-hydrogen) atoms. The van der Waals surface area contributed by atoms with Gasteiger partial charge >= 0.3 is 0 Å². The van der Waals surface area contributed by atoms with Crippen LogP contribution in [0.2, 0.25) is 0 Å². The molecule has 0 saturated carbocycles. The van der Waals surface area contributed by atoms with Gasteiger partial charge in [0.2, 0.25) is 5.95 Å². The van der Waals surface area contributed by atoms with Crippen molar-refractivity contribution in [3.8, 4) is 11.3 Å². The fraction of sp³-hybridized carbons (Fsp3) is 0.167. The standard InChI is InChI=1S/C18H19N3/c1-14(15-9-5-3-6-10-15)20-18-19-13-17(21(18)2)16-11-7-4-8-12-16/h3-14H,1-2H3,(H,19,20)/t14-/m0/s1. The van der Waals surface area contributed by atoms with Crippen molar-refractivity contribution in [2.45, 2.75) is 13.0 Å². The van der Waals surface area contributed by atoms with E-state index in [1.54, 1.807) is 0 Å². The van der Waals surface area contributed by atoms with Gasteiger partial charge in [0.15, 0.2) is 0 Å². The molecule has 1 aromatic heterocycles. The average Bonchev–Trinajstić information content (AvgIpc) is 2.90. The first-order valence-corrected chi connectivity index (χ1v) is 7.14. The summed E-state index contributed by atoms with van der Waals surface area (Å²) in [6.07, 6.45) is 1.91. The summed E-state index contributed by atoms with van der Waals surface area (Å²) in [6, 6.07) is 20.9. The highest BCUT2D eigenvalue weighted by atomic mass is 15.2. The summed E-state index contributed by atoms with van der Waals surface area (Å²) in [5, 5.41) is 3.47. The Kier molecular flexibility index (Phi) is 3.73. The van der Waals surface area contributed by atoms with Gasteiger partial charge in [0.25, 0.3) is 0 Å². The first kappa shape index (κ1) is 13.4. The SMILES string of the molecule is C[C@H](Nc1ncc(-c2ccccc2)n1C)c1ccccc1. The monoisotopic (exact) mass is 277 g/mol. The molecule has 0 aliphatic carbocycles. The van der Waals surface area contributed by atoms with E-state index in [9.17, 15) is 0 Å². The Labute approximate surface area is 125 Å². The summed E-state index contributed by atoms with van der Waals surface area (Å²) in [7, 11) is 2.04. The lowest BCUT2D eigenvalue weighted by atomic mass is 10.1. The van der Waals surface area contributed by atoms with Crippen LogP contribution in [0.15, 0.2) is 66.9 Å². The molecule has 3 rings (SSSR count). The molecule has 1 heterocycles. The van der Waals surface area contributed by atoms with Crippen molar-refractivity contribution in [1.82, 2.24) is 9.55 Å². The van der Waals surface area contributed by atoms with Crippen LogP contribution in [-0.2, 0) is 7.05 Å². The normalized spacial score (nSPS) is 12.1.